The Morgan fingerprint density at radius 3 is 2.47 bits per heavy atom. The lowest BCUT2D eigenvalue weighted by Gasteiger charge is -2.45. The summed E-state index contributed by atoms with van der Waals surface area (Å²) in [6, 6.07) is 0. The fourth-order valence-corrected chi connectivity index (χ4v) is 5.42. The van der Waals surface area contributed by atoms with Crippen molar-refractivity contribution in [2.24, 2.45) is 0 Å². The topological polar surface area (TPSA) is 143 Å². The molecule has 12 nitrogen and oxygen atoms in total. The van der Waals surface area contributed by atoms with Gasteiger partial charge in [-0.2, -0.15) is 30.2 Å². The van der Waals surface area contributed by atoms with Gasteiger partial charge in [0.15, 0.2) is 6.10 Å². The molecule has 1 aromatic rings. The molecule has 2 N–H and O–H groups in total. The second-order valence-corrected chi connectivity index (χ2v) is 11.0. The third kappa shape index (κ3) is 6.34. The van der Waals surface area contributed by atoms with Crippen LogP contribution in [-0.2, 0) is 41.4 Å². The minimum atomic E-state index is -5.08. The summed E-state index contributed by atoms with van der Waals surface area (Å²) < 4.78 is 73.2. The van der Waals surface area contributed by atoms with Gasteiger partial charge >= 0.3 is 12.1 Å². The molecule has 2 fully saturated rings. The van der Waals surface area contributed by atoms with E-state index in [0.29, 0.717) is 39.0 Å². The number of alkyl halides is 3. The van der Waals surface area contributed by atoms with E-state index in [1.807, 2.05) is 10.8 Å². The first-order chi connectivity index (χ1) is 16.8. The van der Waals surface area contributed by atoms with Crippen LogP contribution in [0.3, 0.4) is 0 Å². The number of piperidine rings is 1. The van der Waals surface area contributed by atoms with Crippen LogP contribution in [0.5, 0.6) is 0 Å². The molecule has 2 atom stereocenters. The Morgan fingerprint density at radius 1 is 1.31 bits per heavy atom. The highest BCUT2D eigenvalue weighted by atomic mass is 32.2. The average molecular weight is 542 g/mol. The van der Waals surface area contributed by atoms with Crippen LogP contribution in [0.1, 0.15) is 31.5 Å². The molecule has 204 valence electrons. The number of carbonyl (C=O) groups excluding carboxylic acids is 1. The number of carboxylic acids is 1. The third-order valence-electron chi connectivity index (χ3n) is 6.23. The number of carboxylic acid groups (broad SMARTS) is 1. The molecule has 2 unspecified atom stereocenters. The number of rotatable bonds is 5. The van der Waals surface area contributed by atoms with Crippen molar-refractivity contribution in [3.05, 3.63) is 18.2 Å². The Hall–Kier alpha value is -2.27. The summed E-state index contributed by atoms with van der Waals surface area (Å²) in [6.45, 7) is 2.26. The second kappa shape index (κ2) is 11.0. The van der Waals surface area contributed by atoms with Crippen LogP contribution in [0.4, 0.5) is 13.2 Å². The van der Waals surface area contributed by atoms with E-state index in [1.54, 1.807) is 6.20 Å². The van der Waals surface area contributed by atoms with E-state index in [-0.39, 0.29) is 12.0 Å². The Kier molecular flexibility index (Phi) is 8.65. The lowest BCUT2D eigenvalue weighted by atomic mass is 9.89. The molecule has 0 aliphatic carbocycles. The zero-order valence-corrected chi connectivity index (χ0v) is 20.7. The van der Waals surface area contributed by atoms with Crippen LogP contribution in [0.25, 0.3) is 0 Å². The summed E-state index contributed by atoms with van der Waals surface area (Å²) in [5.41, 5.74) is -0.758. The predicted octanol–water partition coefficient (Wildman–Crippen LogP) is 0.308. The predicted molar refractivity (Wildman–Crippen MR) is 118 cm³/mol. The number of carbonyl (C=O) groups is 2. The fourth-order valence-electron chi connectivity index (χ4n) is 4.32. The Morgan fingerprint density at radius 2 is 1.94 bits per heavy atom. The molecule has 4 heterocycles. The number of nitrogens with zero attached hydrogens (tertiary/aromatic N) is 4. The van der Waals surface area contributed by atoms with Gasteiger partial charge in [-0.05, 0) is 25.7 Å². The summed E-state index contributed by atoms with van der Waals surface area (Å²) in [7, 11) is -0.425. The number of halogens is 3. The van der Waals surface area contributed by atoms with Crippen LogP contribution in [0.15, 0.2) is 12.4 Å². The van der Waals surface area contributed by atoms with E-state index in [4.69, 9.17) is 19.4 Å². The standard InChI is InChI=1S/C18H29N5O5S.C2HF3O2/c1-21(2)29(25,26)23-8-5-18(6-9-23)17-19-7-10-22(17)13-15(28-18)16(24)20-12-14-4-3-11-27-14;3-2(4,5)1(6)7/h7,10,14-15H,3-6,8-9,11-13H2,1-2H3,(H,20,24);(H,6,7). The first-order valence-corrected chi connectivity index (χ1v) is 12.7. The van der Waals surface area contributed by atoms with Crippen LogP contribution < -0.4 is 5.32 Å². The van der Waals surface area contributed by atoms with E-state index in [2.05, 4.69) is 10.3 Å². The van der Waals surface area contributed by atoms with Crippen LogP contribution in [0, 0.1) is 0 Å². The molecule has 0 aromatic carbocycles. The smallest absolute Gasteiger partial charge is 0.475 e. The molecule has 1 amide bonds. The number of ether oxygens (including phenoxy) is 2. The van der Waals surface area contributed by atoms with Crippen LogP contribution in [-0.4, -0.2) is 102 Å². The van der Waals surface area contributed by atoms with Gasteiger partial charge in [-0.15, -0.1) is 0 Å². The highest BCUT2D eigenvalue weighted by Crippen LogP contribution is 2.40. The van der Waals surface area contributed by atoms with Crippen molar-refractivity contribution in [1.82, 2.24) is 23.5 Å². The van der Waals surface area contributed by atoms with Crippen molar-refractivity contribution in [3.63, 3.8) is 0 Å². The first kappa shape index (κ1) is 28.3. The zero-order chi connectivity index (χ0) is 26.7. The first-order valence-electron chi connectivity index (χ1n) is 11.3. The van der Waals surface area contributed by atoms with Gasteiger partial charge in [-0.3, -0.25) is 4.79 Å². The number of nitrogens with one attached hydrogen (secondary N) is 1. The molecule has 1 spiro atoms. The van der Waals surface area contributed by atoms with E-state index in [0.717, 1.165) is 25.3 Å². The van der Waals surface area contributed by atoms with Crippen molar-refractivity contribution in [3.8, 4) is 0 Å². The number of amides is 1. The van der Waals surface area contributed by atoms with Gasteiger partial charge in [0, 0.05) is 52.7 Å². The molecule has 0 radical (unpaired) electrons. The van der Waals surface area contributed by atoms with E-state index >= 15 is 0 Å². The van der Waals surface area contributed by atoms with Crippen LogP contribution >= 0.6 is 0 Å². The molecule has 0 bridgehead atoms. The maximum atomic E-state index is 12.8. The van der Waals surface area contributed by atoms with Gasteiger partial charge in [0.2, 0.25) is 0 Å². The van der Waals surface area contributed by atoms with Crippen molar-refractivity contribution in [1.29, 1.82) is 0 Å². The molecule has 0 saturated carbocycles. The summed E-state index contributed by atoms with van der Waals surface area (Å²) in [5, 5.41) is 10.1. The van der Waals surface area contributed by atoms with Gasteiger partial charge in [0.05, 0.1) is 12.6 Å². The molecular formula is C20H30F3N5O7S. The molecule has 16 heteroatoms. The molecule has 4 rings (SSSR count). The Balaban J connectivity index is 0.000000454. The average Bonchev–Trinajstić information content (AvgIpc) is 3.50. The maximum absolute atomic E-state index is 12.8. The van der Waals surface area contributed by atoms with E-state index < -0.39 is 34.1 Å². The van der Waals surface area contributed by atoms with Gasteiger partial charge in [0.25, 0.3) is 16.1 Å². The fraction of sp³-hybridized carbons (Fsp3) is 0.750. The monoisotopic (exact) mass is 541 g/mol. The molecule has 3 aliphatic rings. The summed E-state index contributed by atoms with van der Waals surface area (Å²) in [5.74, 6) is -2.15. The lowest BCUT2D eigenvalue weighted by molar-refractivity contribution is -0.192. The number of aromatic nitrogens is 2. The minimum Gasteiger partial charge on any atom is -0.475 e. The second-order valence-electron chi connectivity index (χ2n) is 8.88. The van der Waals surface area contributed by atoms with Crippen molar-refractivity contribution >= 4 is 22.1 Å². The Bertz CT molecular complexity index is 1030. The summed E-state index contributed by atoms with van der Waals surface area (Å²) in [6.07, 6.45) is 0.777. The van der Waals surface area contributed by atoms with Gasteiger partial charge in [0.1, 0.15) is 11.4 Å². The number of hydrogen-bond acceptors (Lipinski definition) is 7. The van der Waals surface area contributed by atoms with Crippen molar-refractivity contribution in [2.75, 3.05) is 40.3 Å². The highest BCUT2D eigenvalue weighted by molar-refractivity contribution is 7.86. The van der Waals surface area contributed by atoms with Gasteiger partial charge < -0.3 is 24.5 Å². The SMILES string of the molecule is CN(C)S(=O)(=O)N1CCC2(CC1)OC(C(=O)NCC1CCCO1)Cn1ccnc12.O=C(O)C(F)(F)F. The number of fused-ring (bicyclic) bond motifs is 2. The number of aliphatic carboxylic acids is 1. The summed E-state index contributed by atoms with van der Waals surface area (Å²) in [4.78, 5) is 26.1. The highest BCUT2D eigenvalue weighted by Gasteiger charge is 2.48. The maximum Gasteiger partial charge on any atom is 0.490 e. The Labute approximate surface area is 206 Å². The molecule has 3 aliphatic heterocycles. The van der Waals surface area contributed by atoms with Crippen molar-refractivity contribution in [2.45, 2.75) is 56.2 Å². The summed E-state index contributed by atoms with van der Waals surface area (Å²) >= 11 is 0. The molecular weight excluding hydrogens is 511 g/mol. The number of hydrogen-bond donors (Lipinski definition) is 2. The van der Waals surface area contributed by atoms with E-state index in [1.165, 1.54) is 22.7 Å². The molecule has 2 saturated heterocycles. The quantitative estimate of drug-likeness (QED) is 0.542. The molecule has 36 heavy (non-hydrogen) atoms. The number of imidazole rings is 1. The lowest BCUT2D eigenvalue weighted by Crippen LogP contribution is -2.56. The van der Waals surface area contributed by atoms with Gasteiger partial charge in [-0.1, -0.05) is 0 Å². The third-order valence-corrected chi connectivity index (χ3v) is 8.17. The normalized spacial score (nSPS) is 24.2. The largest absolute Gasteiger partial charge is 0.490 e. The van der Waals surface area contributed by atoms with E-state index in [9.17, 15) is 26.4 Å². The van der Waals surface area contributed by atoms with Gasteiger partial charge in [-0.25, -0.2) is 9.78 Å². The zero-order valence-electron chi connectivity index (χ0n) is 19.9. The molecule has 1 aromatic heterocycles. The minimum absolute atomic E-state index is 0.0692. The van der Waals surface area contributed by atoms with Crippen LogP contribution in [0.2, 0.25) is 0 Å². The van der Waals surface area contributed by atoms with Crippen molar-refractivity contribution < 1.29 is 45.8 Å².